The summed E-state index contributed by atoms with van der Waals surface area (Å²) in [4.78, 5) is 25.6. The predicted molar refractivity (Wildman–Crippen MR) is 84.1 cm³/mol. The Labute approximate surface area is 130 Å². The van der Waals surface area contributed by atoms with Crippen LogP contribution in [0.25, 0.3) is 0 Å². The molecule has 0 aliphatic carbocycles. The molecule has 2 rings (SSSR count). The van der Waals surface area contributed by atoms with Gasteiger partial charge in [0.2, 0.25) is 11.8 Å². The van der Waals surface area contributed by atoms with E-state index in [2.05, 4.69) is 5.32 Å². The van der Waals surface area contributed by atoms with Gasteiger partial charge in [0, 0.05) is 38.9 Å². The van der Waals surface area contributed by atoms with E-state index in [-0.39, 0.29) is 24.2 Å². The lowest BCUT2D eigenvalue weighted by molar-refractivity contribution is -0.129. The van der Waals surface area contributed by atoms with E-state index < -0.39 is 0 Å². The van der Waals surface area contributed by atoms with E-state index in [1.807, 2.05) is 24.3 Å². The predicted octanol–water partition coefficient (Wildman–Crippen LogP) is 0.422. The summed E-state index contributed by atoms with van der Waals surface area (Å²) in [5.74, 6) is -0.282. The minimum Gasteiger partial charge on any atom is -0.399 e. The molecule has 1 aliphatic rings. The van der Waals surface area contributed by atoms with Gasteiger partial charge in [-0.2, -0.15) is 0 Å². The third kappa shape index (κ3) is 4.46. The van der Waals surface area contributed by atoms with Gasteiger partial charge in [0.15, 0.2) is 0 Å². The average molecular weight is 305 g/mol. The summed E-state index contributed by atoms with van der Waals surface area (Å²) < 4.78 is 4.97. The van der Waals surface area contributed by atoms with Crippen molar-refractivity contribution in [3.8, 4) is 0 Å². The number of hydrogen-bond acceptors (Lipinski definition) is 4. The molecular formula is C16H23N3O3. The van der Waals surface area contributed by atoms with Gasteiger partial charge in [-0.3, -0.25) is 9.59 Å². The summed E-state index contributed by atoms with van der Waals surface area (Å²) in [5, 5.41) is 2.90. The van der Waals surface area contributed by atoms with Crippen LogP contribution in [0.15, 0.2) is 24.3 Å². The molecule has 0 aromatic heterocycles. The first-order chi connectivity index (χ1) is 10.6. The minimum atomic E-state index is -0.254. The molecular weight excluding hydrogens is 282 g/mol. The zero-order chi connectivity index (χ0) is 15.9. The summed E-state index contributed by atoms with van der Waals surface area (Å²) in [5.41, 5.74) is 7.49. The van der Waals surface area contributed by atoms with E-state index in [1.54, 1.807) is 12.0 Å². The summed E-state index contributed by atoms with van der Waals surface area (Å²) in [6.45, 7) is 2.09. The standard InChI is InChI=1S/C16H23N3O3/c1-22-9-8-19-11-13(10-15(19)20)16(21)18-7-6-12-2-4-14(17)5-3-12/h2-5,13H,6-11,17H2,1H3,(H,18,21). The highest BCUT2D eigenvalue weighted by molar-refractivity contribution is 5.89. The molecule has 1 aromatic rings. The van der Waals surface area contributed by atoms with Gasteiger partial charge in [-0.15, -0.1) is 0 Å². The average Bonchev–Trinajstić information content (AvgIpc) is 2.88. The molecule has 2 amide bonds. The van der Waals surface area contributed by atoms with Crippen molar-refractivity contribution >= 4 is 17.5 Å². The lowest BCUT2D eigenvalue weighted by atomic mass is 10.1. The summed E-state index contributed by atoms with van der Waals surface area (Å²) in [6.07, 6.45) is 1.04. The van der Waals surface area contributed by atoms with Crippen molar-refractivity contribution in [1.29, 1.82) is 0 Å². The fraction of sp³-hybridized carbons (Fsp3) is 0.500. The molecule has 3 N–H and O–H groups in total. The lowest BCUT2D eigenvalue weighted by Gasteiger charge is -2.15. The second-order valence-electron chi connectivity index (χ2n) is 5.52. The van der Waals surface area contributed by atoms with E-state index in [4.69, 9.17) is 10.5 Å². The topological polar surface area (TPSA) is 84.7 Å². The Morgan fingerprint density at radius 3 is 2.82 bits per heavy atom. The zero-order valence-electron chi connectivity index (χ0n) is 12.9. The SMILES string of the molecule is COCCN1CC(C(=O)NCCc2ccc(N)cc2)CC1=O. The van der Waals surface area contributed by atoms with Crippen LogP contribution in [0.1, 0.15) is 12.0 Å². The largest absolute Gasteiger partial charge is 0.399 e. The van der Waals surface area contributed by atoms with Crippen LogP contribution in [-0.4, -0.2) is 50.1 Å². The van der Waals surface area contributed by atoms with Gasteiger partial charge >= 0.3 is 0 Å². The molecule has 0 radical (unpaired) electrons. The molecule has 120 valence electrons. The molecule has 6 nitrogen and oxygen atoms in total. The van der Waals surface area contributed by atoms with Crippen LogP contribution in [0, 0.1) is 5.92 Å². The smallest absolute Gasteiger partial charge is 0.225 e. The van der Waals surface area contributed by atoms with Crippen LogP contribution in [0.2, 0.25) is 0 Å². The maximum Gasteiger partial charge on any atom is 0.225 e. The Balaban J connectivity index is 1.73. The Morgan fingerprint density at radius 2 is 2.14 bits per heavy atom. The number of carbonyl (C=O) groups is 2. The molecule has 1 fully saturated rings. The second-order valence-corrected chi connectivity index (χ2v) is 5.52. The van der Waals surface area contributed by atoms with Crippen LogP contribution in [0.3, 0.4) is 0 Å². The maximum absolute atomic E-state index is 12.1. The molecule has 1 atom stereocenters. The minimum absolute atomic E-state index is 0.0238. The van der Waals surface area contributed by atoms with Crippen molar-refractivity contribution in [2.45, 2.75) is 12.8 Å². The van der Waals surface area contributed by atoms with Gasteiger partial charge in [-0.05, 0) is 24.1 Å². The number of nitrogens with one attached hydrogen (secondary N) is 1. The molecule has 1 aliphatic heterocycles. The molecule has 0 saturated carbocycles. The fourth-order valence-electron chi connectivity index (χ4n) is 2.52. The summed E-state index contributed by atoms with van der Waals surface area (Å²) in [6, 6.07) is 7.60. The van der Waals surface area contributed by atoms with Crippen molar-refractivity contribution < 1.29 is 14.3 Å². The molecule has 1 heterocycles. The molecule has 1 aromatic carbocycles. The van der Waals surface area contributed by atoms with Crippen LogP contribution in [-0.2, 0) is 20.7 Å². The number of nitrogen functional groups attached to an aromatic ring is 1. The van der Waals surface area contributed by atoms with Gasteiger partial charge < -0.3 is 20.7 Å². The molecule has 1 unspecified atom stereocenters. The first-order valence-electron chi connectivity index (χ1n) is 7.49. The van der Waals surface area contributed by atoms with Crippen LogP contribution in [0.5, 0.6) is 0 Å². The van der Waals surface area contributed by atoms with E-state index in [0.29, 0.717) is 26.2 Å². The molecule has 0 bridgehead atoms. The number of hydrogen-bond donors (Lipinski definition) is 2. The third-order valence-corrected chi connectivity index (χ3v) is 3.84. The van der Waals surface area contributed by atoms with Crippen LogP contribution < -0.4 is 11.1 Å². The second kappa shape index (κ2) is 7.79. The first kappa shape index (κ1) is 16.3. The third-order valence-electron chi connectivity index (χ3n) is 3.84. The van der Waals surface area contributed by atoms with Crippen LogP contribution >= 0.6 is 0 Å². The number of nitrogens with zero attached hydrogens (tertiary/aromatic N) is 1. The number of rotatable bonds is 7. The van der Waals surface area contributed by atoms with E-state index in [9.17, 15) is 9.59 Å². The van der Waals surface area contributed by atoms with Gasteiger partial charge in [-0.1, -0.05) is 12.1 Å². The summed E-state index contributed by atoms with van der Waals surface area (Å²) in [7, 11) is 1.60. The molecule has 0 spiro atoms. The Hall–Kier alpha value is -2.08. The number of carbonyl (C=O) groups excluding carboxylic acids is 2. The van der Waals surface area contributed by atoms with Crippen LogP contribution in [0.4, 0.5) is 5.69 Å². The Morgan fingerprint density at radius 1 is 1.41 bits per heavy atom. The van der Waals surface area contributed by atoms with E-state index in [0.717, 1.165) is 17.7 Å². The van der Waals surface area contributed by atoms with E-state index in [1.165, 1.54) is 0 Å². The quantitative estimate of drug-likeness (QED) is 0.715. The Kier molecular flexibility index (Phi) is 5.77. The number of benzene rings is 1. The van der Waals surface area contributed by atoms with Crippen molar-refractivity contribution in [3.63, 3.8) is 0 Å². The van der Waals surface area contributed by atoms with E-state index >= 15 is 0 Å². The number of methoxy groups -OCH3 is 1. The molecule has 22 heavy (non-hydrogen) atoms. The Bertz CT molecular complexity index is 516. The molecule has 6 heteroatoms. The van der Waals surface area contributed by atoms with Gasteiger partial charge in [0.05, 0.1) is 12.5 Å². The van der Waals surface area contributed by atoms with Crippen molar-refractivity contribution in [3.05, 3.63) is 29.8 Å². The maximum atomic E-state index is 12.1. The summed E-state index contributed by atoms with van der Waals surface area (Å²) >= 11 is 0. The highest BCUT2D eigenvalue weighted by Gasteiger charge is 2.33. The number of likely N-dealkylation sites (tertiary alicyclic amines) is 1. The number of anilines is 1. The number of amides is 2. The highest BCUT2D eigenvalue weighted by Crippen LogP contribution is 2.17. The lowest BCUT2D eigenvalue weighted by Crippen LogP contribution is -2.34. The van der Waals surface area contributed by atoms with Crippen molar-refractivity contribution in [1.82, 2.24) is 10.2 Å². The van der Waals surface area contributed by atoms with Gasteiger partial charge in [0.1, 0.15) is 0 Å². The molecule has 1 saturated heterocycles. The number of nitrogens with two attached hydrogens (primary N) is 1. The first-order valence-corrected chi connectivity index (χ1v) is 7.49. The van der Waals surface area contributed by atoms with Crippen molar-refractivity contribution in [2.24, 2.45) is 5.92 Å². The fourth-order valence-corrected chi connectivity index (χ4v) is 2.52. The van der Waals surface area contributed by atoms with Crippen molar-refractivity contribution in [2.75, 3.05) is 39.1 Å². The monoisotopic (exact) mass is 305 g/mol. The van der Waals surface area contributed by atoms with Gasteiger partial charge in [-0.25, -0.2) is 0 Å². The zero-order valence-corrected chi connectivity index (χ0v) is 12.9. The highest BCUT2D eigenvalue weighted by atomic mass is 16.5. The normalized spacial score (nSPS) is 17.8. The van der Waals surface area contributed by atoms with Gasteiger partial charge in [0.25, 0.3) is 0 Å². The number of ether oxygens (including phenoxy) is 1.